The van der Waals surface area contributed by atoms with Crippen LogP contribution in [-0.2, 0) is 29.0 Å². The fourth-order valence-electron chi connectivity index (χ4n) is 5.68. The van der Waals surface area contributed by atoms with Crippen molar-refractivity contribution in [3.63, 3.8) is 0 Å². The summed E-state index contributed by atoms with van der Waals surface area (Å²) in [6.07, 6.45) is 5.58. The fraction of sp³-hybridized carbons (Fsp3) is 0.474. The van der Waals surface area contributed by atoms with Crippen LogP contribution in [0.25, 0.3) is 0 Å². The quantitative estimate of drug-likeness (QED) is 0.173. The third-order valence-corrected chi connectivity index (χ3v) is 8.54. The van der Waals surface area contributed by atoms with Crippen molar-refractivity contribution in [3.8, 4) is 11.5 Å². The molecule has 0 aliphatic carbocycles. The number of anilines is 1. The van der Waals surface area contributed by atoms with E-state index < -0.39 is 0 Å². The van der Waals surface area contributed by atoms with E-state index in [2.05, 4.69) is 23.3 Å². The van der Waals surface area contributed by atoms with Gasteiger partial charge in [0, 0.05) is 45.3 Å². The lowest BCUT2D eigenvalue weighted by Gasteiger charge is -2.32. The summed E-state index contributed by atoms with van der Waals surface area (Å²) in [5.74, 6) is 1.58. The second-order valence-electron chi connectivity index (χ2n) is 12.3. The lowest BCUT2D eigenvalue weighted by Crippen LogP contribution is -2.47. The molecule has 1 aliphatic heterocycles. The zero-order chi connectivity index (χ0) is 33.4. The van der Waals surface area contributed by atoms with Gasteiger partial charge in [-0.15, -0.1) is 0 Å². The molecule has 9 heteroatoms. The summed E-state index contributed by atoms with van der Waals surface area (Å²) in [5, 5.41) is 3.06. The number of para-hydroxylation sites is 1. The molecular weight excluding hydrogens is 592 g/mol. The average Bonchev–Trinajstić information content (AvgIpc) is 3.07. The molecule has 0 unspecified atom stereocenters. The molecule has 1 fully saturated rings. The maximum atomic E-state index is 13.4. The molecule has 4 rings (SSSR count). The summed E-state index contributed by atoms with van der Waals surface area (Å²) in [7, 11) is 3.76. The highest BCUT2D eigenvalue weighted by molar-refractivity contribution is 6.05. The minimum absolute atomic E-state index is 0.205. The Morgan fingerprint density at radius 2 is 1.55 bits per heavy atom. The topological polar surface area (TPSA) is 106 Å². The fourth-order valence-corrected chi connectivity index (χ4v) is 5.68. The van der Waals surface area contributed by atoms with Crippen LogP contribution >= 0.6 is 0 Å². The number of nitrogens with one attached hydrogen (secondary N) is 1. The van der Waals surface area contributed by atoms with Crippen molar-refractivity contribution < 1.29 is 23.8 Å². The van der Waals surface area contributed by atoms with Crippen LogP contribution in [0.5, 0.6) is 11.5 Å². The van der Waals surface area contributed by atoms with Gasteiger partial charge in [-0.2, -0.15) is 0 Å². The van der Waals surface area contributed by atoms with Crippen LogP contribution in [0, 0.1) is 6.92 Å². The average molecular weight is 645 g/mol. The number of piperazine rings is 1. The zero-order valence-electron chi connectivity index (χ0n) is 28.4. The number of nitrogens with two attached hydrogens (primary N) is 1. The Kier molecular flexibility index (Phi) is 14.5. The van der Waals surface area contributed by atoms with Gasteiger partial charge in [-0.25, -0.2) is 0 Å². The molecule has 0 aromatic heterocycles. The van der Waals surface area contributed by atoms with Gasteiger partial charge < -0.3 is 35.1 Å². The van der Waals surface area contributed by atoms with Gasteiger partial charge in [0.2, 0.25) is 5.91 Å². The van der Waals surface area contributed by atoms with Gasteiger partial charge in [-0.05, 0) is 112 Å². The number of carbonyl (C=O) groups excluding carboxylic acids is 2. The van der Waals surface area contributed by atoms with E-state index in [0.29, 0.717) is 49.8 Å². The first-order valence-corrected chi connectivity index (χ1v) is 16.9. The SMILES string of the molecule is COCc1cc(C(=O)Nc2ccc(C)cc2OCCCCCC(=O)N2CCN(C)CC2)ccc1CCc1ccccc1OCCCN. The van der Waals surface area contributed by atoms with Crippen molar-refractivity contribution >= 4 is 17.5 Å². The lowest BCUT2D eigenvalue weighted by atomic mass is 9.97. The van der Waals surface area contributed by atoms with Gasteiger partial charge in [0.1, 0.15) is 11.5 Å². The monoisotopic (exact) mass is 644 g/mol. The van der Waals surface area contributed by atoms with Crippen LogP contribution in [0.4, 0.5) is 5.69 Å². The molecule has 2 amide bonds. The van der Waals surface area contributed by atoms with E-state index in [1.807, 2.05) is 66.4 Å². The normalized spacial score (nSPS) is 13.4. The largest absolute Gasteiger partial charge is 0.493 e. The number of carbonyl (C=O) groups is 2. The van der Waals surface area contributed by atoms with Crippen LogP contribution in [0.3, 0.4) is 0 Å². The minimum atomic E-state index is -0.205. The van der Waals surface area contributed by atoms with Crippen molar-refractivity contribution in [2.45, 2.75) is 58.5 Å². The van der Waals surface area contributed by atoms with E-state index in [0.717, 1.165) is 92.7 Å². The van der Waals surface area contributed by atoms with Gasteiger partial charge in [-0.1, -0.05) is 30.3 Å². The molecule has 47 heavy (non-hydrogen) atoms. The molecule has 9 nitrogen and oxygen atoms in total. The van der Waals surface area contributed by atoms with E-state index >= 15 is 0 Å². The molecule has 0 spiro atoms. The molecule has 0 radical (unpaired) electrons. The number of hydrogen-bond donors (Lipinski definition) is 2. The van der Waals surface area contributed by atoms with Gasteiger partial charge in [0.05, 0.1) is 25.5 Å². The zero-order valence-corrected chi connectivity index (χ0v) is 28.4. The summed E-state index contributed by atoms with van der Waals surface area (Å²) in [5.41, 5.74) is 11.1. The summed E-state index contributed by atoms with van der Waals surface area (Å²) < 4.78 is 17.6. The van der Waals surface area contributed by atoms with E-state index in [1.165, 1.54) is 0 Å². The summed E-state index contributed by atoms with van der Waals surface area (Å²) >= 11 is 0. The van der Waals surface area contributed by atoms with Crippen LogP contribution in [0.15, 0.2) is 60.7 Å². The number of aryl methyl sites for hydroxylation is 3. The summed E-state index contributed by atoms with van der Waals surface area (Å²) in [6, 6.07) is 19.7. The van der Waals surface area contributed by atoms with Crippen molar-refractivity contribution in [2.24, 2.45) is 5.73 Å². The number of likely N-dealkylation sites (N-methyl/N-ethyl adjacent to an activating group) is 1. The first kappa shape index (κ1) is 35.9. The van der Waals surface area contributed by atoms with E-state index in [-0.39, 0.29) is 11.8 Å². The Bertz CT molecular complexity index is 1440. The van der Waals surface area contributed by atoms with E-state index in [1.54, 1.807) is 7.11 Å². The van der Waals surface area contributed by atoms with E-state index in [4.69, 9.17) is 19.9 Å². The molecular formula is C38H52N4O5. The number of amides is 2. The Balaban J connectivity index is 1.31. The van der Waals surface area contributed by atoms with Gasteiger partial charge in [-0.3, -0.25) is 9.59 Å². The summed E-state index contributed by atoms with van der Waals surface area (Å²) in [4.78, 5) is 30.2. The van der Waals surface area contributed by atoms with Crippen LogP contribution in [-0.4, -0.2) is 81.7 Å². The number of nitrogens with zero attached hydrogens (tertiary/aromatic N) is 2. The third-order valence-electron chi connectivity index (χ3n) is 8.54. The van der Waals surface area contributed by atoms with Crippen molar-refractivity contribution in [1.82, 2.24) is 9.80 Å². The number of benzene rings is 3. The highest BCUT2D eigenvalue weighted by atomic mass is 16.5. The number of unbranched alkanes of at least 4 members (excludes halogenated alkanes) is 2. The molecule has 1 aliphatic rings. The van der Waals surface area contributed by atoms with Crippen LogP contribution < -0.4 is 20.5 Å². The van der Waals surface area contributed by atoms with Gasteiger partial charge in [0.25, 0.3) is 5.91 Å². The molecule has 0 atom stereocenters. The molecule has 3 aromatic carbocycles. The summed E-state index contributed by atoms with van der Waals surface area (Å²) in [6.45, 7) is 7.64. The molecule has 3 N–H and O–H groups in total. The number of hydrogen-bond acceptors (Lipinski definition) is 7. The predicted octanol–water partition coefficient (Wildman–Crippen LogP) is 5.62. The Morgan fingerprint density at radius 3 is 2.34 bits per heavy atom. The number of methoxy groups -OCH3 is 1. The van der Waals surface area contributed by atoms with Gasteiger partial charge >= 0.3 is 0 Å². The first-order chi connectivity index (χ1) is 22.9. The van der Waals surface area contributed by atoms with E-state index in [9.17, 15) is 9.59 Å². The standard InChI is InChI=1S/C38H52N4O5/c1-29-13-18-34(36(26-29)47-24-8-4-5-12-37(43)42-22-20-41(2)21-23-42)40-38(44)32-17-15-30(33(27-32)28-45-3)14-16-31-10-6-7-11-35(31)46-25-9-19-39/h6-7,10-11,13,15,17-18,26-27H,4-5,8-9,12,14,16,19-25,28,39H2,1-3H3,(H,40,44). The first-order valence-electron chi connectivity index (χ1n) is 16.9. The maximum absolute atomic E-state index is 13.4. The Labute approximate surface area is 280 Å². The highest BCUT2D eigenvalue weighted by Crippen LogP contribution is 2.28. The molecule has 254 valence electrons. The molecule has 1 heterocycles. The minimum Gasteiger partial charge on any atom is -0.493 e. The molecule has 1 saturated heterocycles. The predicted molar refractivity (Wildman–Crippen MR) is 187 cm³/mol. The molecule has 0 saturated carbocycles. The van der Waals surface area contributed by atoms with Crippen LogP contribution in [0.1, 0.15) is 64.7 Å². The second kappa shape index (κ2) is 19.0. The maximum Gasteiger partial charge on any atom is 0.255 e. The highest BCUT2D eigenvalue weighted by Gasteiger charge is 2.18. The van der Waals surface area contributed by atoms with Crippen molar-refractivity contribution in [1.29, 1.82) is 0 Å². The van der Waals surface area contributed by atoms with Crippen LogP contribution in [0.2, 0.25) is 0 Å². The third kappa shape index (κ3) is 11.4. The van der Waals surface area contributed by atoms with Gasteiger partial charge in [0.15, 0.2) is 0 Å². The smallest absolute Gasteiger partial charge is 0.255 e. The second-order valence-corrected chi connectivity index (χ2v) is 12.3. The Hall–Kier alpha value is -3.92. The van der Waals surface area contributed by atoms with Crippen molar-refractivity contribution in [3.05, 3.63) is 88.5 Å². The molecule has 0 bridgehead atoms. The Morgan fingerprint density at radius 1 is 0.809 bits per heavy atom. The lowest BCUT2D eigenvalue weighted by molar-refractivity contribution is -0.132. The van der Waals surface area contributed by atoms with Crippen molar-refractivity contribution in [2.75, 3.05) is 65.4 Å². The number of ether oxygens (including phenoxy) is 3. The molecule has 3 aromatic rings. The number of rotatable bonds is 18.